The number of hydrogen-bond donors (Lipinski definition) is 1. The molecule has 27 heavy (non-hydrogen) atoms. The largest absolute Gasteiger partial charge is 0.308 e. The molecule has 1 aromatic carbocycles. The molecular weight excluding hydrogens is 363 g/mol. The highest BCUT2D eigenvalue weighted by Gasteiger charge is 2.41. The average Bonchev–Trinajstić information content (AvgIpc) is 3.23. The lowest BCUT2D eigenvalue weighted by molar-refractivity contribution is -0.130. The second-order valence-corrected chi connectivity index (χ2v) is 7.74. The van der Waals surface area contributed by atoms with Crippen LogP contribution in [0, 0.1) is 0 Å². The van der Waals surface area contributed by atoms with E-state index in [2.05, 4.69) is 20.2 Å². The van der Waals surface area contributed by atoms with Gasteiger partial charge < -0.3 is 10.2 Å². The van der Waals surface area contributed by atoms with Gasteiger partial charge >= 0.3 is 0 Å². The molecule has 4 rings (SSSR count). The number of anilines is 1. The minimum absolute atomic E-state index is 0.218. The first-order valence-electron chi connectivity index (χ1n) is 9.09. The number of halogens is 1. The fraction of sp³-hybridized carbons (Fsp3) is 0.350. The van der Waals surface area contributed by atoms with Crippen LogP contribution >= 0.6 is 11.3 Å². The molecule has 3 aromatic rings. The number of nitrogens with one attached hydrogen (secondary N) is 1. The molecule has 2 aromatic heterocycles. The first kappa shape index (κ1) is 18.0. The number of amides is 1. The molecule has 0 radical (unpaired) electrons. The fourth-order valence-electron chi connectivity index (χ4n) is 3.40. The normalized spacial score (nSPS) is 17.1. The molecule has 0 atom stereocenters. The summed E-state index contributed by atoms with van der Waals surface area (Å²) in [6.07, 6.45) is 3.96. The predicted molar refractivity (Wildman–Crippen MR) is 107 cm³/mol. The zero-order valence-electron chi connectivity index (χ0n) is 15.1. The van der Waals surface area contributed by atoms with Gasteiger partial charge in [-0.1, -0.05) is 19.1 Å². The van der Waals surface area contributed by atoms with Gasteiger partial charge in [0.1, 0.15) is 5.82 Å². The fourth-order valence-corrected chi connectivity index (χ4v) is 4.02. The predicted octanol–water partition coefficient (Wildman–Crippen LogP) is 4.12. The van der Waals surface area contributed by atoms with E-state index in [1.165, 1.54) is 0 Å². The SMILES string of the molecule is CCN1CCC(F)(C(=O)Nc2cc3cc(-c4cncs4)ccc3cn2)CC1. The summed E-state index contributed by atoms with van der Waals surface area (Å²) >= 11 is 1.57. The van der Waals surface area contributed by atoms with Gasteiger partial charge in [0.25, 0.3) is 5.91 Å². The number of piperidine rings is 1. The lowest BCUT2D eigenvalue weighted by Crippen LogP contribution is -2.48. The molecular formula is C20H21FN4OS. The maximum atomic E-state index is 15.1. The molecule has 0 spiro atoms. The maximum absolute atomic E-state index is 15.1. The van der Waals surface area contributed by atoms with Crippen molar-refractivity contribution in [1.29, 1.82) is 0 Å². The van der Waals surface area contributed by atoms with Crippen LogP contribution in [0.1, 0.15) is 19.8 Å². The number of alkyl halides is 1. The Balaban J connectivity index is 1.54. The molecule has 140 valence electrons. The van der Waals surface area contributed by atoms with Crippen LogP contribution in [0.4, 0.5) is 10.2 Å². The third-order valence-corrected chi connectivity index (χ3v) is 6.01. The third-order valence-electron chi connectivity index (χ3n) is 5.18. The summed E-state index contributed by atoms with van der Waals surface area (Å²) in [5.74, 6) is -0.215. The molecule has 0 bridgehead atoms. The number of aromatic nitrogens is 2. The summed E-state index contributed by atoms with van der Waals surface area (Å²) in [6.45, 7) is 4.13. The van der Waals surface area contributed by atoms with Crippen LogP contribution in [-0.2, 0) is 4.79 Å². The number of pyridine rings is 1. The van der Waals surface area contributed by atoms with E-state index in [0.717, 1.165) is 27.8 Å². The standard InChI is InChI=1S/C20H21FN4OS/c1-2-25-7-5-20(21,6-8-25)19(26)24-18-10-16-9-14(17-12-22-13-27-17)3-4-15(16)11-23-18/h3-4,9-13H,2,5-8H2,1H3,(H,23,24,26). The van der Waals surface area contributed by atoms with Crippen molar-refractivity contribution in [1.82, 2.24) is 14.9 Å². The first-order valence-corrected chi connectivity index (χ1v) is 9.97. The van der Waals surface area contributed by atoms with Gasteiger partial charge in [0.15, 0.2) is 5.67 Å². The number of nitrogens with zero attached hydrogens (tertiary/aromatic N) is 3. The van der Waals surface area contributed by atoms with Gasteiger partial charge in [0.2, 0.25) is 0 Å². The first-order chi connectivity index (χ1) is 13.1. The lowest BCUT2D eigenvalue weighted by atomic mass is 9.92. The van der Waals surface area contributed by atoms with Crippen LogP contribution in [0.2, 0.25) is 0 Å². The van der Waals surface area contributed by atoms with Gasteiger partial charge in [-0.25, -0.2) is 9.37 Å². The highest BCUT2D eigenvalue weighted by atomic mass is 32.1. The van der Waals surface area contributed by atoms with Gasteiger partial charge in [0.05, 0.1) is 10.4 Å². The number of likely N-dealkylation sites (tertiary alicyclic amines) is 1. The Labute approximate surface area is 161 Å². The Bertz CT molecular complexity index is 952. The van der Waals surface area contributed by atoms with Gasteiger partial charge in [-0.05, 0) is 29.6 Å². The van der Waals surface area contributed by atoms with Gasteiger partial charge in [0, 0.05) is 43.7 Å². The van der Waals surface area contributed by atoms with E-state index in [0.29, 0.717) is 18.9 Å². The average molecular weight is 384 g/mol. The zero-order chi connectivity index (χ0) is 18.9. The molecule has 1 saturated heterocycles. The van der Waals surface area contributed by atoms with E-state index in [1.807, 2.05) is 31.3 Å². The molecule has 1 aliphatic rings. The van der Waals surface area contributed by atoms with Crippen LogP contribution < -0.4 is 5.32 Å². The summed E-state index contributed by atoms with van der Waals surface area (Å²) < 4.78 is 15.1. The van der Waals surface area contributed by atoms with Gasteiger partial charge in [-0.2, -0.15) is 0 Å². The van der Waals surface area contributed by atoms with Crippen molar-refractivity contribution in [3.63, 3.8) is 0 Å². The van der Waals surface area contributed by atoms with E-state index >= 15 is 4.39 Å². The number of carbonyl (C=O) groups is 1. The molecule has 1 fully saturated rings. The molecule has 1 amide bonds. The van der Waals surface area contributed by atoms with Crippen LogP contribution in [0.3, 0.4) is 0 Å². The number of thiazole rings is 1. The van der Waals surface area contributed by atoms with E-state index in [1.54, 1.807) is 29.1 Å². The van der Waals surface area contributed by atoms with Crippen molar-refractivity contribution >= 4 is 33.8 Å². The van der Waals surface area contributed by atoms with Crippen molar-refractivity contribution in [2.75, 3.05) is 25.0 Å². The highest BCUT2D eigenvalue weighted by Crippen LogP contribution is 2.30. The molecule has 7 heteroatoms. The summed E-state index contributed by atoms with van der Waals surface area (Å²) in [6, 6.07) is 7.83. The van der Waals surface area contributed by atoms with E-state index < -0.39 is 11.6 Å². The van der Waals surface area contributed by atoms with Crippen molar-refractivity contribution < 1.29 is 9.18 Å². The quantitative estimate of drug-likeness (QED) is 0.735. The van der Waals surface area contributed by atoms with E-state index in [-0.39, 0.29) is 12.8 Å². The summed E-state index contributed by atoms with van der Waals surface area (Å²) in [4.78, 5) is 24.1. The topological polar surface area (TPSA) is 58.1 Å². The van der Waals surface area contributed by atoms with Crippen molar-refractivity contribution in [2.45, 2.75) is 25.4 Å². The Kier molecular flexibility index (Phi) is 4.88. The molecule has 1 aliphatic heterocycles. The van der Waals surface area contributed by atoms with E-state index in [9.17, 15) is 4.79 Å². The molecule has 0 aliphatic carbocycles. The summed E-state index contributed by atoms with van der Waals surface area (Å²) in [5.41, 5.74) is 1.03. The number of hydrogen-bond acceptors (Lipinski definition) is 5. The summed E-state index contributed by atoms with van der Waals surface area (Å²) in [7, 11) is 0. The highest BCUT2D eigenvalue weighted by molar-refractivity contribution is 7.13. The van der Waals surface area contributed by atoms with Crippen LogP contribution in [0.25, 0.3) is 21.2 Å². The van der Waals surface area contributed by atoms with Crippen LogP contribution in [0.5, 0.6) is 0 Å². The Morgan fingerprint density at radius 1 is 1.26 bits per heavy atom. The van der Waals surface area contributed by atoms with Gasteiger partial charge in [-0.15, -0.1) is 11.3 Å². The maximum Gasteiger partial charge on any atom is 0.263 e. The third kappa shape index (κ3) is 3.70. The molecule has 5 nitrogen and oxygen atoms in total. The monoisotopic (exact) mass is 384 g/mol. The Hall–Kier alpha value is -2.38. The smallest absolute Gasteiger partial charge is 0.263 e. The second kappa shape index (κ2) is 7.32. The molecule has 3 heterocycles. The molecule has 0 saturated carbocycles. The minimum atomic E-state index is -1.83. The van der Waals surface area contributed by atoms with Crippen molar-refractivity contribution in [3.05, 3.63) is 42.2 Å². The number of fused-ring (bicyclic) bond motifs is 1. The van der Waals surface area contributed by atoms with E-state index in [4.69, 9.17) is 0 Å². The van der Waals surface area contributed by atoms with Crippen LogP contribution in [0.15, 0.2) is 42.2 Å². The molecule has 0 unspecified atom stereocenters. The minimum Gasteiger partial charge on any atom is -0.308 e. The Morgan fingerprint density at radius 2 is 2.07 bits per heavy atom. The Morgan fingerprint density at radius 3 is 2.78 bits per heavy atom. The second-order valence-electron chi connectivity index (χ2n) is 6.85. The van der Waals surface area contributed by atoms with Crippen molar-refractivity contribution in [3.8, 4) is 10.4 Å². The number of rotatable bonds is 4. The van der Waals surface area contributed by atoms with Gasteiger partial charge in [-0.3, -0.25) is 9.78 Å². The lowest BCUT2D eigenvalue weighted by Gasteiger charge is -2.34. The number of carbonyl (C=O) groups excluding carboxylic acids is 1. The zero-order valence-corrected chi connectivity index (χ0v) is 15.9. The van der Waals surface area contributed by atoms with Crippen molar-refractivity contribution in [2.24, 2.45) is 0 Å². The summed E-state index contributed by atoms with van der Waals surface area (Å²) in [5, 5.41) is 4.59. The molecule has 1 N–H and O–H groups in total. The van der Waals surface area contributed by atoms with Crippen LogP contribution in [-0.4, -0.2) is 46.1 Å². The number of benzene rings is 1.